The number of aliphatic hydroxyl groups is 1. The number of benzene rings is 1. The largest absolute Gasteiger partial charge is 0.485 e. The molecule has 142 valence electrons. The fourth-order valence-corrected chi connectivity index (χ4v) is 3.19. The fourth-order valence-electron chi connectivity index (χ4n) is 3.19. The molecular weight excluding hydrogens is 339 g/mol. The summed E-state index contributed by atoms with van der Waals surface area (Å²) in [6, 6.07) is 5.71. The van der Waals surface area contributed by atoms with E-state index in [0.29, 0.717) is 44.2 Å². The molecule has 0 radical (unpaired) electrons. The number of halogens is 1. The third kappa shape index (κ3) is 4.57. The Morgan fingerprint density at radius 3 is 2.92 bits per heavy atom. The number of hydrogen-bond donors (Lipinski definition) is 2. The van der Waals surface area contributed by atoms with Crippen molar-refractivity contribution in [2.75, 3.05) is 13.2 Å². The van der Waals surface area contributed by atoms with Crippen molar-refractivity contribution < 1.29 is 19.0 Å². The minimum absolute atomic E-state index is 0.0528. The van der Waals surface area contributed by atoms with E-state index in [1.54, 1.807) is 16.8 Å². The lowest BCUT2D eigenvalue weighted by Gasteiger charge is -2.10. The summed E-state index contributed by atoms with van der Waals surface area (Å²) >= 11 is 0. The van der Waals surface area contributed by atoms with E-state index in [2.05, 4.69) is 10.1 Å². The van der Waals surface area contributed by atoms with Crippen molar-refractivity contribution in [1.29, 1.82) is 0 Å². The first-order valence-electron chi connectivity index (χ1n) is 8.90. The second-order valence-electron chi connectivity index (χ2n) is 6.45. The Morgan fingerprint density at radius 2 is 2.23 bits per heavy atom. The van der Waals surface area contributed by atoms with Crippen molar-refractivity contribution in [2.24, 2.45) is 5.73 Å². The Kier molecular flexibility index (Phi) is 6.18. The minimum Gasteiger partial charge on any atom is -0.485 e. The van der Waals surface area contributed by atoms with Crippen LogP contribution in [0.4, 0.5) is 4.39 Å². The molecule has 1 aliphatic rings. The molecule has 3 atom stereocenters. The van der Waals surface area contributed by atoms with Crippen molar-refractivity contribution in [1.82, 2.24) is 14.8 Å². The Hall–Kier alpha value is -2.03. The molecule has 0 amide bonds. The van der Waals surface area contributed by atoms with Gasteiger partial charge in [-0.3, -0.25) is 0 Å². The normalized spacial score (nSPS) is 22.7. The number of nitrogens with zero attached hydrogens (tertiary/aromatic N) is 3. The highest BCUT2D eigenvalue weighted by Crippen LogP contribution is 2.33. The van der Waals surface area contributed by atoms with Gasteiger partial charge in [-0.25, -0.2) is 14.1 Å². The van der Waals surface area contributed by atoms with Crippen LogP contribution in [-0.2, 0) is 17.9 Å². The first-order chi connectivity index (χ1) is 12.6. The number of aromatic nitrogens is 3. The summed E-state index contributed by atoms with van der Waals surface area (Å²) in [4.78, 5) is 4.59. The number of aliphatic hydroxyl groups excluding tert-OH is 1. The van der Waals surface area contributed by atoms with Crippen LogP contribution < -0.4 is 10.5 Å². The molecule has 7 nitrogen and oxygen atoms in total. The average Bonchev–Trinajstić information content (AvgIpc) is 3.17. The van der Waals surface area contributed by atoms with E-state index < -0.39 is 6.10 Å². The summed E-state index contributed by atoms with van der Waals surface area (Å²) in [5.41, 5.74) is 5.94. The van der Waals surface area contributed by atoms with Crippen LogP contribution in [0.15, 0.2) is 24.3 Å². The van der Waals surface area contributed by atoms with E-state index in [1.807, 2.05) is 6.92 Å². The SMILES string of the molecule is CCOCCn1nc(COc2cccc(F)c2)nc1[C@H]1C[C@@H](N)[C@H](O)C1. The number of hydrogen-bond acceptors (Lipinski definition) is 6. The standard InChI is InChI=1S/C18H25FN4O3/c1-2-25-7-6-23-18(12-8-15(20)16(24)9-12)21-17(22-23)11-26-14-5-3-4-13(19)10-14/h3-5,10,12,15-16,24H,2,6-9,11,20H2,1H3/t12-,15+,16+/m0/s1. The highest BCUT2D eigenvalue weighted by molar-refractivity contribution is 5.22. The molecule has 26 heavy (non-hydrogen) atoms. The zero-order valence-corrected chi connectivity index (χ0v) is 14.8. The fraction of sp³-hybridized carbons (Fsp3) is 0.556. The van der Waals surface area contributed by atoms with Gasteiger partial charge in [0.2, 0.25) is 0 Å². The summed E-state index contributed by atoms with van der Waals surface area (Å²) in [7, 11) is 0. The lowest BCUT2D eigenvalue weighted by atomic mass is 10.1. The molecule has 0 bridgehead atoms. The molecular formula is C18H25FN4O3. The van der Waals surface area contributed by atoms with Crippen LogP contribution in [0.1, 0.15) is 37.3 Å². The van der Waals surface area contributed by atoms with Gasteiger partial charge in [-0.05, 0) is 31.9 Å². The van der Waals surface area contributed by atoms with Crippen molar-refractivity contribution in [3.05, 3.63) is 41.7 Å². The maximum Gasteiger partial charge on any atom is 0.188 e. The molecule has 1 aromatic carbocycles. The summed E-state index contributed by atoms with van der Waals surface area (Å²) in [5, 5.41) is 14.5. The molecule has 2 aromatic rings. The van der Waals surface area contributed by atoms with Crippen molar-refractivity contribution in [3.8, 4) is 5.75 Å². The molecule has 1 saturated carbocycles. The molecule has 8 heteroatoms. The van der Waals surface area contributed by atoms with Crippen LogP contribution in [0.3, 0.4) is 0 Å². The van der Waals surface area contributed by atoms with Crippen LogP contribution in [0.2, 0.25) is 0 Å². The Balaban J connectivity index is 1.72. The van der Waals surface area contributed by atoms with Gasteiger partial charge < -0.3 is 20.3 Å². The molecule has 3 N–H and O–H groups in total. The third-order valence-corrected chi connectivity index (χ3v) is 4.50. The predicted octanol–water partition coefficient (Wildman–Crippen LogP) is 1.60. The molecule has 1 aliphatic carbocycles. The third-order valence-electron chi connectivity index (χ3n) is 4.50. The highest BCUT2D eigenvalue weighted by Gasteiger charge is 2.34. The van der Waals surface area contributed by atoms with Crippen LogP contribution in [-0.4, -0.2) is 45.2 Å². The zero-order chi connectivity index (χ0) is 18.5. The highest BCUT2D eigenvalue weighted by atomic mass is 19.1. The predicted molar refractivity (Wildman–Crippen MR) is 93.2 cm³/mol. The Bertz CT molecular complexity index is 714. The first kappa shape index (κ1) is 18.8. The van der Waals surface area contributed by atoms with Crippen molar-refractivity contribution in [3.63, 3.8) is 0 Å². The second-order valence-corrected chi connectivity index (χ2v) is 6.45. The van der Waals surface area contributed by atoms with Crippen LogP contribution in [0.25, 0.3) is 0 Å². The quantitative estimate of drug-likeness (QED) is 0.691. The molecule has 0 unspecified atom stereocenters. The first-order valence-corrected chi connectivity index (χ1v) is 8.90. The zero-order valence-electron chi connectivity index (χ0n) is 14.8. The van der Waals surface area contributed by atoms with E-state index in [9.17, 15) is 9.50 Å². The lowest BCUT2D eigenvalue weighted by molar-refractivity contribution is 0.134. The van der Waals surface area contributed by atoms with E-state index in [-0.39, 0.29) is 24.4 Å². The maximum absolute atomic E-state index is 13.2. The van der Waals surface area contributed by atoms with Crippen molar-refractivity contribution in [2.45, 2.75) is 51.0 Å². The summed E-state index contributed by atoms with van der Waals surface area (Å²) in [6.45, 7) is 3.80. The molecule has 1 heterocycles. The summed E-state index contributed by atoms with van der Waals surface area (Å²) in [6.07, 6.45) is 0.709. The van der Waals surface area contributed by atoms with E-state index in [1.165, 1.54) is 12.1 Å². The average molecular weight is 364 g/mol. The Labute approximate surface area is 151 Å². The maximum atomic E-state index is 13.2. The van der Waals surface area contributed by atoms with E-state index >= 15 is 0 Å². The monoisotopic (exact) mass is 364 g/mol. The van der Waals surface area contributed by atoms with Gasteiger partial charge in [0.15, 0.2) is 5.82 Å². The second kappa shape index (κ2) is 8.57. The molecule has 1 fully saturated rings. The lowest BCUT2D eigenvalue weighted by Crippen LogP contribution is -2.28. The smallest absolute Gasteiger partial charge is 0.188 e. The van der Waals surface area contributed by atoms with E-state index in [4.69, 9.17) is 15.2 Å². The van der Waals surface area contributed by atoms with Crippen LogP contribution >= 0.6 is 0 Å². The molecule has 0 spiro atoms. The van der Waals surface area contributed by atoms with Gasteiger partial charge >= 0.3 is 0 Å². The van der Waals surface area contributed by atoms with Crippen LogP contribution in [0.5, 0.6) is 5.75 Å². The van der Waals surface area contributed by atoms with Gasteiger partial charge in [-0.1, -0.05) is 6.07 Å². The van der Waals surface area contributed by atoms with Gasteiger partial charge in [0.25, 0.3) is 0 Å². The van der Waals surface area contributed by atoms with Gasteiger partial charge in [-0.15, -0.1) is 0 Å². The molecule has 0 saturated heterocycles. The van der Waals surface area contributed by atoms with Crippen LogP contribution in [0, 0.1) is 5.82 Å². The molecule has 0 aliphatic heterocycles. The molecule has 3 rings (SSSR count). The summed E-state index contributed by atoms with van der Waals surface area (Å²) in [5.74, 6) is 1.42. The molecule has 1 aromatic heterocycles. The minimum atomic E-state index is -0.524. The summed E-state index contributed by atoms with van der Waals surface area (Å²) < 4.78 is 26.0. The van der Waals surface area contributed by atoms with E-state index in [0.717, 1.165) is 5.82 Å². The van der Waals surface area contributed by atoms with Gasteiger partial charge in [0.1, 0.15) is 24.0 Å². The Morgan fingerprint density at radius 1 is 1.38 bits per heavy atom. The van der Waals surface area contributed by atoms with Crippen molar-refractivity contribution >= 4 is 0 Å². The number of nitrogens with two attached hydrogens (primary N) is 1. The van der Waals surface area contributed by atoms with Gasteiger partial charge in [0, 0.05) is 24.6 Å². The van der Waals surface area contributed by atoms with Gasteiger partial charge in [0.05, 0.1) is 19.3 Å². The number of rotatable bonds is 8. The topological polar surface area (TPSA) is 95.4 Å². The number of ether oxygens (including phenoxy) is 2. The van der Waals surface area contributed by atoms with Gasteiger partial charge in [-0.2, -0.15) is 5.10 Å².